The minimum Gasteiger partial charge on any atom is -0.108 e. The molecule has 43 heavy (non-hydrogen) atoms. The van der Waals surface area contributed by atoms with Gasteiger partial charge in [0.1, 0.15) is 0 Å². The molecule has 1 unspecified atom stereocenters. The second-order valence-corrected chi connectivity index (χ2v) is 16.6. The Labute approximate surface area is 264 Å². The maximum absolute atomic E-state index is 8.14. The first-order valence-electron chi connectivity index (χ1n) is 15.2. The Kier molecular flexibility index (Phi) is 10.0. The molecule has 6 rings (SSSR count). The molecule has 0 saturated carbocycles. The van der Waals surface area contributed by atoms with Crippen LogP contribution < -0.4 is 21.2 Å². The van der Waals surface area contributed by atoms with E-state index in [-0.39, 0.29) is 7.92 Å². The third-order valence-electron chi connectivity index (χ3n) is 8.11. The molecule has 1 atom stereocenters. The van der Waals surface area contributed by atoms with E-state index in [1.807, 2.05) is 0 Å². The molecule has 0 N–H and O–H groups in total. The quantitative estimate of drug-likeness (QED) is 0.0731. The van der Waals surface area contributed by atoms with Gasteiger partial charge in [0, 0.05) is 0 Å². The van der Waals surface area contributed by atoms with Crippen molar-refractivity contribution in [3.63, 3.8) is 0 Å². The minimum absolute atomic E-state index is 0.377. The Morgan fingerprint density at radius 3 is 1.47 bits per heavy atom. The number of alkyl halides is 1. The van der Waals surface area contributed by atoms with Gasteiger partial charge in [-0.1, -0.05) is 177 Å². The highest BCUT2D eigenvalue weighted by Crippen LogP contribution is 2.61. The number of hydrogen-bond donors (Lipinski definition) is 0. The highest BCUT2D eigenvalue weighted by Gasteiger charge is 2.41. The van der Waals surface area contributed by atoms with Crippen LogP contribution in [0.1, 0.15) is 31.2 Å². The molecule has 0 fully saturated rings. The van der Waals surface area contributed by atoms with Crippen LogP contribution in [0.15, 0.2) is 164 Å². The summed E-state index contributed by atoms with van der Waals surface area (Å²) in [7, 11) is -1.26. The van der Waals surface area contributed by atoms with Crippen molar-refractivity contribution in [3.05, 3.63) is 169 Å². The van der Waals surface area contributed by atoms with E-state index in [0.717, 1.165) is 19.3 Å². The normalized spacial score (nSPS) is 12.9. The van der Waals surface area contributed by atoms with Crippen molar-refractivity contribution >= 4 is 59.4 Å². The summed E-state index contributed by atoms with van der Waals surface area (Å²) in [5.41, 5.74) is 1.25. The summed E-state index contributed by atoms with van der Waals surface area (Å²) in [4.78, 5) is 0. The summed E-state index contributed by atoms with van der Waals surface area (Å²) in [5, 5.41) is 8.07. The molecular weight excluding hydrogens is 578 g/mol. The lowest BCUT2D eigenvalue weighted by atomic mass is 9.98. The molecule has 0 saturated heterocycles. The van der Waals surface area contributed by atoms with Crippen LogP contribution in [0.3, 0.4) is 0 Å². The van der Waals surface area contributed by atoms with E-state index in [9.17, 15) is 0 Å². The van der Waals surface area contributed by atoms with Crippen molar-refractivity contribution < 1.29 is 0 Å². The zero-order valence-electron chi connectivity index (χ0n) is 24.4. The largest absolute Gasteiger partial charge is 0.108 e. The van der Waals surface area contributed by atoms with Crippen molar-refractivity contribution in [2.45, 2.75) is 30.3 Å². The van der Waals surface area contributed by atoms with Gasteiger partial charge in [-0.05, 0) is 72.4 Å². The molecule has 6 aromatic rings. The van der Waals surface area contributed by atoms with Crippen LogP contribution in [0.4, 0.5) is 0 Å². The summed E-state index contributed by atoms with van der Waals surface area (Å²) in [6.45, 7) is 0. The van der Waals surface area contributed by atoms with Crippen LogP contribution in [-0.2, 0) is 4.62 Å². The van der Waals surface area contributed by atoms with Gasteiger partial charge in [-0.25, -0.2) is 0 Å². The number of halogens is 1. The second kappa shape index (κ2) is 14.5. The third-order valence-corrected chi connectivity index (χ3v) is 14.4. The van der Waals surface area contributed by atoms with E-state index in [0.29, 0.717) is 0 Å². The van der Waals surface area contributed by atoms with Gasteiger partial charge in [0.25, 0.3) is 0 Å². The predicted octanol–water partition coefficient (Wildman–Crippen LogP) is 10.1. The number of hydrogen-bond acceptors (Lipinski definition) is 0. The van der Waals surface area contributed by atoms with Crippen LogP contribution in [0.2, 0.25) is 0 Å². The molecule has 0 aliphatic heterocycles. The fraction of sp³-hybridized carbons (Fsp3) is 0.150. The molecular formula is C40H37ClP2. The molecule has 0 radical (unpaired) electrons. The van der Waals surface area contributed by atoms with Gasteiger partial charge in [0.05, 0.1) is 4.62 Å². The molecule has 0 aliphatic rings. The molecule has 214 valence electrons. The van der Waals surface area contributed by atoms with Crippen LogP contribution in [0, 0.1) is 0 Å². The summed E-state index contributed by atoms with van der Waals surface area (Å²) in [5.74, 6) is 0. The van der Waals surface area contributed by atoms with Gasteiger partial charge in [-0.3, -0.25) is 0 Å². The van der Waals surface area contributed by atoms with E-state index in [1.54, 1.807) is 0 Å². The van der Waals surface area contributed by atoms with Gasteiger partial charge < -0.3 is 0 Å². The van der Waals surface area contributed by atoms with Crippen LogP contribution in [0.25, 0.3) is 10.8 Å². The fourth-order valence-electron chi connectivity index (χ4n) is 6.07. The van der Waals surface area contributed by atoms with Gasteiger partial charge >= 0.3 is 0 Å². The summed E-state index contributed by atoms with van der Waals surface area (Å²) in [6, 6.07) is 59.5. The molecule has 0 nitrogen and oxygen atoms in total. The maximum atomic E-state index is 8.14. The van der Waals surface area contributed by atoms with Gasteiger partial charge in [0.2, 0.25) is 0 Å². The Morgan fingerprint density at radius 2 is 0.907 bits per heavy atom. The van der Waals surface area contributed by atoms with Crippen LogP contribution in [0.5, 0.6) is 0 Å². The van der Waals surface area contributed by atoms with E-state index >= 15 is 0 Å². The van der Waals surface area contributed by atoms with E-state index in [2.05, 4.69) is 164 Å². The number of rotatable bonds is 12. The Morgan fingerprint density at radius 1 is 0.442 bits per heavy atom. The Balaban J connectivity index is 1.30. The monoisotopic (exact) mass is 614 g/mol. The van der Waals surface area contributed by atoms with Crippen LogP contribution >= 0.6 is 27.4 Å². The smallest absolute Gasteiger partial charge is 0.0975 e. The first-order valence-corrected chi connectivity index (χ1v) is 18.4. The summed E-state index contributed by atoms with van der Waals surface area (Å²) >= 11 is 8.14. The minimum atomic E-state index is -0.882. The summed E-state index contributed by atoms with van der Waals surface area (Å²) in [6.07, 6.45) is 5.54. The lowest BCUT2D eigenvalue weighted by Crippen LogP contribution is -2.28. The molecule has 0 heterocycles. The molecule has 0 amide bonds. The second-order valence-electron chi connectivity index (χ2n) is 10.9. The van der Waals surface area contributed by atoms with Gasteiger partial charge in [0.15, 0.2) is 0 Å². The average molecular weight is 615 g/mol. The Hall–Kier alpha value is -3.27. The van der Waals surface area contributed by atoms with Crippen molar-refractivity contribution in [2.24, 2.45) is 0 Å². The van der Waals surface area contributed by atoms with Gasteiger partial charge in [-0.2, -0.15) is 0 Å². The van der Waals surface area contributed by atoms with Gasteiger partial charge in [-0.15, -0.1) is 11.6 Å². The molecule has 0 spiro atoms. The SMILES string of the molecule is ClC(CCCCCP(c1ccccc1)c1ccccc1)(c1cccc2ccccc12)P(c1ccccc1)c1ccccc1. The van der Waals surface area contributed by atoms with E-state index < -0.39 is 12.5 Å². The first-order chi connectivity index (χ1) is 21.2. The number of fused-ring (bicyclic) bond motifs is 1. The first kappa shape index (κ1) is 29.8. The van der Waals surface area contributed by atoms with Crippen molar-refractivity contribution in [2.75, 3.05) is 6.16 Å². The van der Waals surface area contributed by atoms with E-state index in [4.69, 9.17) is 11.6 Å². The third kappa shape index (κ3) is 6.95. The Bertz CT molecular complexity index is 1620. The lowest BCUT2D eigenvalue weighted by molar-refractivity contribution is 0.632. The highest BCUT2D eigenvalue weighted by atomic mass is 35.5. The topological polar surface area (TPSA) is 0 Å². The molecule has 0 bridgehead atoms. The lowest BCUT2D eigenvalue weighted by Gasteiger charge is -2.38. The number of unbranched alkanes of at least 4 members (excludes halogenated alkanes) is 2. The molecule has 3 heteroatoms. The fourth-order valence-corrected chi connectivity index (χ4v) is 12.2. The molecule has 0 aliphatic carbocycles. The van der Waals surface area contributed by atoms with Crippen LogP contribution in [-0.4, -0.2) is 6.16 Å². The highest BCUT2D eigenvalue weighted by molar-refractivity contribution is 7.75. The molecule has 6 aromatic carbocycles. The van der Waals surface area contributed by atoms with Crippen molar-refractivity contribution in [1.82, 2.24) is 0 Å². The maximum Gasteiger partial charge on any atom is 0.0975 e. The zero-order chi connectivity index (χ0) is 29.3. The standard InChI is InChI=1S/C40H37ClP2/c41-40(39-30-18-20-33-19-14-15-29-38(33)39,43(36-25-10-3-11-26-36)37-27-12-4-13-28-37)31-16-5-17-32-42(34-21-6-1-7-22-34)35-23-8-2-9-24-35/h1-4,6-15,18-30H,5,16-17,31-32H2. The number of benzene rings is 6. The van der Waals surface area contributed by atoms with Crippen molar-refractivity contribution in [1.29, 1.82) is 0 Å². The van der Waals surface area contributed by atoms with E-state index in [1.165, 1.54) is 50.1 Å². The average Bonchev–Trinajstić information content (AvgIpc) is 3.08. The van der Waals surface area contributed by atoms with Crippen molar-refractivity contribution in [3.8, 4) is 0 Å². The predicted molar refractivity (Wildman–Crippen MR) is 193 cm³/mol. The zero-order valence-corrected chi connectivity index (χ0v) is 26.9. The summed E-state index contributed by atoms with van der Waals surface area (Å²) < 4.78 is -0.539. The molecule has 0 aromatic heterocycles.